The van der Waals surface area contributed by atoms with Crippen LogP contribution in [0.5, 0.6) is 5.75 Å². The molecule has 4 aromatic carbocycles. The second-order valence-electron chi connectivity index (χ2n) is 12.0. The molecule has 0 heterocycles. The summed E-state index contributed by atoms with van der Waals surface area (Å²) >= 11 is 0. The van der Waals surface area contributed by atoms with E-state index < -0.39 is 28.5 Å². The van der Waals surface area contributed by atoms with E-state index in [0.717, 1.165) is 26.6 Å². The Hall–Kier alpha value is -4.63. The maximum absolute atomic E-state index is 14.6. The molecule has 0 aliphatic rings. The zero-order chi connectivity index (χ0) is 34.0. The molecule has 0 unspecified atom stereocenters. The SMILES string of the molecule is CCOc1ccc(N(CC(=O)N(Cc2ccccc2C)[C@@H](Cc2ccccc2)C(=O)NCC(C)C)S(=O)(=O)c2ccc(C)cc2)cc1. The second-order valence-corrected chi connectivity index (χ2v) is 13.9. The molecule has 4 rings (SSSR count). The molecule has 0 bridgehead atoms. The van der Waals surface area contributed by atoms with E-state index in [1.54, 1.807) is 48.5 Å². The largest absolute Gasteiger partial charge is 0.494 e. The number of carbonyl (C=O) groups is 2. The van der Waals surface area contributed by atoms with Crippen molar-refractivity contribution < 1.29 is 22.7 Å². The van der Waals surface area contributed by atoms with Crippen molar-refractivity contribution in [3.8, 4) is 5.75 Å². The van der Waals surface area contributed by atoms with Crippen LogP contribution in [-0.4, -0.2) is 50.9 Å². The Morgan fingerprint density at radius 3 is 2.09 bits per heavy atom. The Kier molecular flexibility index (Phi) is 12.2. The summed E-state index contributed by atoms with van der Waals surface area (Å²) < 4.78 is 35.2. The minimum Gasteiger partial charge on any atom is -0.494 e. The van der Waals surface area contributed by atoms with Gasteiger partial charge in [-0.1, -0.05) is 86.1 Å². The van der Waals surface area contributed by atoms with Gasteiger partial charge in [0, 0.05) is 19.5 Å². The molecular weight excluding hydrogens is 611 g/mol. The van der Waals surface area contributed by atoms with Crippen LogP contribution in [0, 0.1) is 19.8 Å². The fraction of sp³-hybridized carbons (Fsp3) is 0.316. The lowest BCUT2D eigenvalue weighted by Gasteiger charge is -2.34. The van der Waals surface area contributed by atoms with Crippen molar-refractivity contribution >= 4 is 27.5 Å². The van der Waals surface area contributed by atoms with Crippen LogP contribution in [0.25, 0.3) is 0 Å². The summed E-state index contributed by atoms with van der Waals surface area (Å²) in [5, 5.41) is 3.02. The van der Waals surface area contributed by atoms with E-state index in [4.69, 9.17) is 4.74 Å². The van der Waals surface area contributed by atoms with Crippen LogP contribution < -0.4 is 14.4 Å². The average molecular weight is 656 g/mol. The summed E-state index contributed by atoms with van der Waals surface area (Å²) in [6.45, 7) is 10.2. The van der Waals surface area contributed by atoms with Gasteiger partial charge >= 0.3 is 0 Å². The Balaban J connectivity index is 1.80. The lowest BCUT2D eigenvalue weighted by molar-refractivity contribution is -0.140. The van der Waals surface area contributed by atoms with Crippen molar-refractivity contribution in [3.05, 3.63) is 125 Å². The van der Waals surface area contributed by atoms with Crippen molar-refractivity contribution in [3.63, 3.8) is 0 Å². The maximum Gasteiger partial charge on any atom is 0.264 e. The van der Waals surface area contributed by atoms with Gasteiger partial charge in [-0.3, -0.25) is 13.9 Å². The molecule has 4 aromatic rings. The molecule has 248 valence electrons. The molecule has 1 atom stereocenters. The third-order valence-electron chi connectivity index (χ3n) is 7.88. The first kappa shape index (κ1) is 35.2. The van der Waals surface area contributed by atoms with E-state index in [-0.39, 0.29) is 29.7 Å². The van der Waals surface area contributed by atoms with Gasteiger partial charge in [-0.05, 0) is 79.8 Å². The van der Waals surface area contributed by atoms with Crippen LogP contribution in [0.2, 0.25) is 0 Å². The normalized spacial score (nSPS) is 12.0. The quantitative estimate of drug-likeness (QED) is 0.162. The molecule has 8 nitrogen and oxygen atoms in total. The molecule has 0 aromatic heterocycles. The van der Waals surface area contributed by atoms with Crippen molar-refractivity contribution in [2.75, 3.05) is 24.0 Å². The lowest BCUT2D eigenvalue weighted by Crippen LogP contribution is -2.53. The predicted molar refractivity (Wildman–Crippen MR) is 187 cm³/mol. The van der Waals surface area contributed by atoms with Gasteiger partial charge in [0.25, 0.3) is 10.0 Å². The third kappa shape index (κ3) is 9.45. The molecule has 0 saturated carbocycles. The highest BCUT2D eigenvalue weighted by Gasteiger charge is 2.35. The third-order valence-corrected chi connectivity index (χ3v) is 9.67. The van der Waals surface area contributed by atoms with Gasteiger partial charge in [-0.15, -0.1) is 0 Å². The smallest absolute Gasteiger partial charge is 0.264 e. The zero-order valence-corrected chi connectivity index (χ0v) is 28.7. The van der Waals surface area contributed by atoms with Gasteiger partial charge < -0.3 is 15.0 Å². The van der Waals surface area contributed by atoms with E-state index in [9.17, 15) is 18.0 Å². The number of rotatable bonds is 15. The van der Waals surface area contributed by atoms with Crippen molar-refractivity contribution in [2.45, 2.75) is 58.5 Å². The number of nitrogens with one attached hydrogen (secondary N) is 1. The first-order valence-electron chi connectivity index (χ1n) is 16.0. The van der Waals surface area contributed by atoms with E-state index in [2.05, 4.69) is 5.32 Å². The molecule has 0 spiro atoms. The summed E-state index contributed by atoms with van der Waals surface area (Å²) in [5.74, 6) is -0.00946. The van der Waals surface area contributed by atoms with Crippen LogP contribution in [0.15, 0.2) is 108 Å². The Labute approximate surface area is 279 Å². The molecule has 0 saturated heterocycles. The summed E-state index contributed by atoms with van der Waals surface area (Å²) in [4.78, 5) is 30.1. The first-order chi connectivity index (χ1) is 22.5. The number of anilines is 1. The second kappa shape index (κ2) is 16.3. The number of aryl methyl sites for hydroxylation is 2. The average Bonchev–Trinajstić information content (AvgIpc) is 3.06. The number of hydrogen-bond acceptors (Lipinski definition) is 5. The minimum atomic E-state index is -4.19. The summed E-state index contributed by atoms with van der Waals surface area (Å²) in [7, 11) is -4.19. The Morgan fingerprint density at radius 1 is 0.830 bits per heavy atom. The maximum atomic E-state index is 14.6. The summed E-state index contributed by atoms with van der Waals surface area (Å²) in [5.41, 5.74) is 3.93. The molecule has 47 heavy (non-hydrogen) atoms. The minimum absolute atomic E-state index is 0.0609. The first-order valence-corrected chi connectivity index (χ1v) is 17.4. The van der Waals surface area contributed by atoms with Crippen LogP contribution >= 0.6 is 0 Å². The molecule has 9 heteroatoms. The fourth-order valence-corrected chi connectivity index (χ4v) is 6.60. The van der Waals surface area contributed by atoms with Gasteiger partial charge in [-0.2, -0.15) is 0 Å². The number of sulfonamides is 1. The number of ether oxygens (including phenoxy) is 1. The standard InChI is InChI=1S/C38H45N3O5S/c1-6-46-34-20-18-33(19-21-34)41(47(44,45)35-22-16-29(4)17-23-35)27-37(42)40(26-32-15-11-10-12-30(32)5)36(38(43)39-25-28(2)3)24-31-13-8-7-9-14-31/h7-23,28,36H,6,24-27H2,1-5H3,(H,39,43)/t36-/m0/s1. The van der Waals surface area contributed by atoms with E-state index in [1.165, 1.54) is 4.90 Å². The van der Waals surface area contributed by atoms with Gasteiger partial charge in [0.2, 0.25) is 11.8 Å². The highest BCUT2D eigenvalue weighted by atomic mass is 32.2. The summed E-state index contributed by atoms with van der Waals surface area (Å²) in [6, 6.07) is 29.5. The predicted octanol–water partition coefficient (Wildman–Crippen LogP) is 6.31. The highest BCUT2D eigenvalue weighted by Crippen LogP contribution is 2.27. The molecule has 0 radical (unpaired) electrons. The number of hydrogen-bond donors (Lipinski definition) is 1. The van der Waals surface area contributed by atoms with Crippen LogP contribution in [0.1, 0.15) is 43.0 Å². The van der Waals surface area contributed by atoms with Crippen molar-refractivity contribution in [2.24, 2.45) is 5.92 Å². The molecule has 0 aliphatic carbocycles. The van der Waals surface area contributed by atoms with Crippen LogP contribution in [-0.2, 0) is 32.6 Å². The number of nitrogens with zero attached hydrogens (tertiary/aromatic N) is 2. The Bertz CT molecular complexity index is 1720. The number of benzene rings is 4. The van der Waals surface area contributed by atoms with E-state index in [0.29, 0.717) is 24.6 Å². The van der Waals surface area contributed by atoms with Gasteiger partial charge in [0.1, 0.15) is 18.3 Å². The lowest BCUT2D eigenvalue weighted by atomic mass is 10.0. The van der Waals surface area contributed by atoms with Crippen molar-refractivity contribution in [1.29, 1.82) is 0 Å². The van der Waals surface area contributed by atoms with Gasteiger partial charge in [0.15, 0.2) is 0 Å². The highest BCUT2D eigenvalue weighted by molar-refractivity contribution is 7.92. The topological polar surface area (TPSA) is 96.0 Å². The zero-order valence-electron chi connectivity index (χ0n) is 27.8. The molecule has 0 aliphatic heterocycles. The molecule has 1 N–H and O–H groups in total. The number of amides is 2. The van der Waals surface area contributed by atoms with Gasteiger partial charge in [0.05, 0.1) is 17.2 Å². The number of carbonyl (C=O) groups excluding carboxylic acids is 2. The molecule has 0 fully saturated rings. The summed E-state index contributed by atoms with van der Waals surface area (Å²) in [6.07, 6.45) is 0.260. The fourth-order valence-electron chi connectivity index (χ4n) is 5.19. The monoisotopic (exact) mass is 655 g/mol. The van der Waals surface area contributed by atoms with Crippen LogP contribution in [0.3, 0.4) is 0 Å². The molecular formula is C38H45N3O5S. The van der Waals surface area contributed by atoms with Crippen molar-refractivity contribution in [1.82, 2.24) is 10.2 Å². The van der Waals surface area contributed by atoms with Gasteiger partial charge in [-0.25, -0.2) is 8.42 Å². The Morgan fingerprint density at radius 2 is 1.47 bits per heavy atom. The van der Waals surface area contributed by atoms with E-state index in [1.807, 2.05) is 89.2 Å². The van der Waals surface area contributed by atoms with E-state index >= 15 is 0 Å². The van der Waals surface area contributed by atoms with Crippen LogP contribution in [0.4, 0.5) is 5.69 Å². The molecule has 2 amide bonds.